The summed E-state index contributed by atoms with van der Waals surface area (Å²) < 4.78 is 13.5. The van der Waals surface area contributed by atoms with Crippen LogP contribution in [0.25, 0.3) is 0 Å². The summed E-state index contributed by atoms with van der Waals surface area (Å²) in [4.78, 5) is 10.5. The summed E-state index contributed by atoms with van der Waals surface area (Å²) in [6.07, 6.45) is 4.52. The second-order valence-electron chi connectivity index (χ2n) is 5.41. The van der Waals surface area contributed by atoms with Crippen molar-refractivity contribution in [3.05, 3.63) is 33.6 Å². The van der Waals surface area contributed by atoms with Gasteiger partial charge in [0.25, 0.3) is 5.69 Å². The van der Waals surface area contributed by atoms with Crippen LogP contribution in [0.5, 0.6) is 0 Å². The van der Waals surface area contributed by atoms with Crippen molar-refractivity contribution >= 4 is 11.4 Å². The number of hydrogen-bond donors (Lipinski definition) is 2. The number of halogens is 1. The van der Waals surface area contributed by atoms with Crippen LogP contribution in [0.1, 0.15) is 31.2 Å². The molecule has 1 unspecified atom stereocenters. The summed E-state index contributed by atoms with van der Waals surface area (Å²) in [6, 6.07) is 2.46. The highest BCUT2D eigenvalue weighted by Crippen LogP contribution is 2.32. The van der Waals surface area contributed by atoms with Gasteiger partial charge in [-0.2, -0.15) is 0 Å². The average Bonchev–Trinajstić information content (AvgIpc) is 2.93. The van der Waals surface area contributed by atoms with E-state index >= 15 is 0 Å². The topological polar surface area (TPSA) is 81.2 Å². The first kappa shape index (κ1) is 14.7. The third-order valence-corrected chi connectivity index (χ3v) is 4.04. The fourth-order valence-corrected chi connectivity index (χ4v) is 2.87. The Morgan fingerprint density at radius 1 is 1.50 bits per heavy atom. The Kier molecular flexibility index (Phi) is 4.54. The van der Waals surface area contributed by atoms with Gasteiger partial charge in [-0.15, -0.1) is 0 Å². The first-order chi connectivity index (χ1) is 9.52. The number of nitrogens with zero attached hydrogens (tertiary/aromatic N) is 1. The minimum atomic E-state index is -0.563. The fourth-order valence-electron chi connectivity index (χ4n) is 2.87. The van der Waals surface area contributed by atoms with E-state index in [1.54, 1.807) is 6.92 Å². The highest BCUT2D eigenvalue weighted by molar-refractivity contribution is 5.63. The first-order valence-corrected chi connectivity index (χ1v) is 6.94. The van der Waals surface area contributed by atoms with Gasteiger partial charge in [0.1, 0.15) is 11.5 Å². The van der Waals surface area contributed by atoms with E-state index in [1.807, 2.05) is 0 Å². The molecular formula is C14H20FN3O2. The summed E-state index contributed by atoms with van der Waals surface area (Å²) >= 11 is 0. The van der Waals surface area contributed by atoms with Gasteiger partial charge >= 0.3 is 0 Å². The number of rotatable bonds is 5. The molecule has 2 rings (SSSR count). The molecule has 0 radical (unpaired) electrons. The number of nitro benzene ring substituents is 1. The van der Waals surface area contributed by atoms with Crippen LogP contribution in [0, 0.1) is 28.8 Å². The summed E-state index contributed by atoms with van der Waals surface area (Å²) in [5, 5.41) is 14.2. The molecule has 5 nitrogen and oxygen atoms in total. The molecule has 0 spiro atoms. The van der Waals surface area contributed by atoms with E-state index in [0.29, 0.717) is 23.7 Å². The molecule has 0 aromatic heterocycles. The highest BCUT2D eigenvalue weighted by Gasteiger charge is 2.26. The molecule has 1 atom stereocenters. The Morgan fingerprint density at radius 2 is 2.15 bits per heavy atom. The molecule has 0 amide bonds. The Labute approximate surface area is 117 Å². The molecule has 6 heteroatoms. The van der Waals surface area contributed by atoms with E-state index in [2.05, 4.69) is 5.32 Å². The number of hydrogen-bond acceptors (Lipinski definition) is 4. The van der Waals surface area contributed by atoms with Crippen molar-refractivity contribution in [3.63, 3.8) is 0 Å². The van der Waals surface area contributed by atoms with E-state index in [-0.39, 0.29) is 11.7 Å². The van der Waals surface area contributed by atoms with Gasteiger partial charge in [0.05, 0.1) is 11.0 Å². The molecule has 1 aromatic carbocycles. The van der Waals surface area contributed by atoms with E-state index in [1.165, 1.54) is 18.9 Å². The number of anilines is 1. The van der Waals surface area contributed by atoms with Crippen molar-refractivity contribution in [2.45, 2.75) is 38.6 Å². The molecule has 0 bridgehead atoms. The van der Waals surface area contributed by atoms with Crippen molar-refractivity contribution in [2.24, 2.45) is 11.7 Å². The van der Waals surface area contributed by atoms with Gasteiger partial charge in [0.2, 0.25) is 0 Å². The van der Waals surface area contributed by atoms with Crippen molar-refractivity contribution in [1.82, 2.24) is 0 Å². The number of benzene rings is 1. The fraction of sp³-hybridized carbons (Fsp3) is 0.571. The second-order valence-corrected chi connectivity index (χ2v) is 5.41. The molecular weight excluding hydrogens is 261 g/mol. The predicted molar refractivity (Wildman–Crippen MR) is 76.2 cm³/mol. The van der Waals surface area contributed by atoms with Gasteiger partial charge in [-0.25, -0.2) is 4.39 Å². The highest BCUT2D eigenvalue weighted by atomic mass is 19.1. The normalized spacial score (nSPS) is 17.1. The van der Waals surface area contributed by atoms with Crippen molar-refractivity contribution in [3.8, 4) is 0 Å². The lowest BCUT2D eigenvalue weighted by Crippen LogP contribution is -2.35. The third-order valence-electron chi connectivity index (χ3n) is 4.04. The molecule has 20 heavy (non-hydrogen) atoms. The number of nitrogens with one attached hydrogen (secondary N) is 1. The Balaban J connectivity index is 2.26. The maximum atomic E-state index is 13.5. The van der Waals surface area contributed by atoms with Gasteiger partial charge in [0, 0.05) is 12.6 Å². The van der Waals surface area contributed by atoms with Gasteiger partial charge < -0.3 is 11.1 Å². The minimum absolute atomic E-state index is 0.000983. The lowest BCUT2D eigenvalue weighted by Gasteiger charge is -2.24. The summed E-state index contributed by atoms with van der Waals surface area (Å²) in [5.41, 5.74) is 6.30. The minimum Gasteiger partial charge on any atom is -0.375 e. The predicted octanol–water partition coefficient (Wildman–Crippen LogP) is 2.97. The molecule has 1 aliphatic carbocycles. The molecule has 0 heterocycles. The maximum Gasteiger partial charge on any atom is 0.295 e. The molecule has 0 aliphatic heterocycles. The van der Waals surface area contributed by atoms with Crippen LogP contribution in [0.15, 0.2) is 12.1 Å². The number of nitrogens with two attached hydrogens (primary N) is 1. The van der Waals surface area contributed by atoms with Crippen LogP contribution >= 0.6 is 0 Å². The zero-order valence-corrected chi connectivity index (χ0v) is 11.6. The van der Waals surface area contributed by atoms with Crippen LogP contribution in [0.3, 0.4) is 0 Å². The van der Waals surface area contributed by atoms with Gasteiger partial charge in [-0.3, -0.25) is 10.1 Å². The van der Waals surface area contributed by atoms with E-state index in [4.69, 9.17) is 5.73 Å². The zero-order valence-electron chi connectivity index (χ0n) is 11.6. The van der Waals surface area contributed by atoms with Crippen LogP contribution in [0.4, 0.5) is 15.8 Å². The zero-order chi connectivity index (χ0) is 14.7. The molecule has 1 aromatic rings. The van der Waals surface area contributed by atoms with Gasteiger partial charge in [-0.1, -0.05) is 12.8 Å². The van der Waals surface area contributed by atoms with E-state index in [0.717, 1.165) is 18.9 Å². The lowest BCUT2D eigenvalue weighted by molar-refractivity contribution is -0.384. The van der Waals surface area contributed by atoms with Crippen LogP contribution in [0.2, 0.25) is 0 Å². The number of nitro groups is 1. The van der Waals surface area contributed by atoms with Crippen molar-refractivity contribution in [2.75, 3.05) is 11.9 Å². The average molecular weight is 281 g/mol. The van der Waals surface area contributed by atoms with Crippen molar-refractivity contribution < 1.29 is 9.31 Å². The third kappa shape index (κ3) is 3.07. The van der Waals surface area contributed by atoms with Gasteiger partial charge in [0.15, 0.2) is 0 Å². The largest absolute Gasteiger partial charge is 0.375 e. The monoisotopic (exact) mass is 281 g/mol. The second kappa shape index (κ2) is 6.17. The molecule has 1 aliphatic rings. The Hall–Kier alpha value is -1.69. The lowest BCUT2D eigenvalue weighted by atomic mass is 9.97. The van der Waals surface area contributed by atoms with Crippen molar-refractivity contribution in [1.29, 1.82) is 0 Å². The molecule has 0 saturated heterocycles. The van der Waals surface area contributed by atoms with E-state index in [9.17, 15) is 14.5 Å². The van der Waals surface area contributed by atoms with Gasteiger partial charge in [-0.05, 0) is 37.3 Å². The Bertz CT molecular complexity index is 501. The number of aryl methyl sites for hydroxylation is 1. The standard InChI is InChI=1S/C14H20FN3O2/c1-9-6-12(14(18(19)20)7-11(9)15)17-13(8-16)10-4-2-3-5-10/h6-7,10,13,17H,2-5,8,16H2,1H3. The van der Waals surface area contributed by atoms with Crippen LogP contribution in [-0.2, 0) is 0 Å². The summed E-state index contributed by atoms with van der Waals surface area (Å²) in [6.45, 7) is 2.01. The maximum absolute atomic E-state index is 13.5. The SMILES string of the molecule is Cc1cc(NC(CN)C2CCCC2)c([N+](=O)[O-])cc1F. The first-order valence-electron chi connectivity index (χ1n) is 6.94. The van der Waals surface area contributed by atoms with Crippen LogP contribution in [-0.4, -0.2) is 17.5 Å². The molecule has 1 saturated carbocycles. The molecule has 3 N–H and O–H groups in total. The Morgan fingerprint density at radius 3 is 2.70 bits per heavy atom. The van der Waals surface area contributed by atoms with E-state index < -0.39 is 10.7 Å². The quantitative estimate of drug-likeness (QED) is 0.642. The smallest absolute Gasteiger partial charge is 0.295 e. The summed E-state index contributed by atoms with van der Waals surface area (Å²) in [5.74, 6) is -0.127. The molecule has 110 valence electrons. The molecule has 1 fully saturated rings. The van der Waals surface area contributed by atoms with Crippen LogP contribution < -0.4 is 11.1 Å². The summed E-state index contributed by atoms with van der Waals surface area (Å²) in [7, 11) is 0.